The molecule has 3 heterocycles. The summed E-state index contributed by atoms with van der Waals surface area (Å²) in [6.07, 6.45) is 2.59. The molecule has 206 valence electrons. The minimum atomic E-state index is -0.378. The number of benzene rings is 3. The number of carbonyl (C=O) groups is 1. The lowest BCUT2D eigenvalue weighted by molar-refractivity contribution is -0.121. The van der Waals surface area contributed by atoms with Crippen molar-refractivity contribution in [1.82, 2.24) is 19.2 Å². The van der Waals surface area contributed by atoms with Crippen molar-refractivity contribution in [3.63, 3.8) is 0 Å². The molecule has 2 aliphatic heterocycles. The van der Waals surface area contributed by atoms with Crippen LogP contribution in [0.2, 0.25) is 0 Å². The fourth-order valence-electron chi connectivity index (χ4n) is 5.65. The van der Waals surface area contributed by atoms with Crippen molar-refractivity contribution >= 4 is 23.0 Å². The lowest BCUT2D eigenvalue weighted by Gasteiger charge is -2.39. The Morgan fingerprint density at radius 1 is 0.925 bits per heavy atom. The molecule has 2 aliphatic rings. The maximum atomic E-state index is 13.7. The van der Waals surface area contributed by atoms with Gasteiger partial charge in [0, 0.05) is 49.8 Å². The number of rotatable bonds is 7. The highest BCUT2D eigenvalue weighted by molar-refractivity contribution is 5.96. The van der Waals surface area contributed by atoms with E-state index in [0.717, 1.165) is 67.5 Å². The van der Waals surface area contributed by atoms with E-state index in [4.69, 9.17) is 0 Å². The maximum absolute atomic E-state index is 13.7. The number of amides is 1. The van der Waals surface area contributed by atoms with E-state index in [-0.39, 0.29) is 23.7 Å². The molecule has 9 nitrogen and oxygen atoms in total. The molecular weight excluding hydrogens is 502 g/mol. The molecule has 1 amide bonds. The second kappa shape index (κ2) is 11.0. The Kier molecular flexibility index (Phi) is 7.13. The second-order valence-corrected chi connectivity index (χ2v) is 10.7. The van der Waals surface area contributed by atoms with Crippen LogP contribution in [0.4, 0.5) is 17.1 Å². The first-order chi connectivity index (χ1) is 19.5. The van der Waals surface area contributed by atoms with Crippen molar-refractivity contribution in [3.8, 4) is 5.69 Å². The molecule has 0 radical (unpaired) electrons. The SMILES string of the molecule is CC(C)n1ncn(-c2ccc(N3CCN(C(C(=O)Nc4ccc5c(c4)NCC5)c4ccccc4)CC3)cc2)c1=O. The molecule has 4 aromatic rings. The van der Waals surface area contributed by atoms with Crippen molar-refractivity contribution < 1.29 is 4.79 Å². The van der Waals surface area contributed by atoms with Crippen LogP contribution in [0.1, 0.15) is 37.1 Å². The summed E-state index contributed by atoms with van der Waals surface area (Å²) in [5.41, 5.74) is 5.95. The molecule has 1 aromatic heterocycles. The number of aromatic nitrogens is 3. The van der Waals surface area contributed by atoms with Crippen LogP contribution in [0, 0.1) is 0 Å². The fraction of sp³-hybridized carbons (Fsp3) is 0.323. The van der Waals surface area contributed by atoms with Gasteiger partial charge in [-0.15, -0.1) is 0 Å². The number of anilines is 3. The summed E-state index contributed by atoms with van der Waals surface area (Å²) in [6, 6.07) is 23.8. The first-order valence-electron chi connectivity index (χ1n) is 14.0. The zero-order chi connectivity index (χ0) is 27.6. The summed E-state index contributed by atoms with van der Waals surface area (Å²) in [6.45, 7) is 7.92. The van der Waals surface area contributed by atoms with E-state index in [2.05, 4.69) is 31.6 Å². The van der Waals surface area contributed by atoms with E-state index in [1.807, 2.05) is 80.6 Å². The monoisotopic (exact) mass is 537 g/mol. The minimum Gasteiger partial charge on any atom is -0.384 e. The summed E-state index contributed by atoms with van der Waals surface area (Å²) in [5, 5.41) is 10.8. The number of nitrogens with one attached hydrogen (secondary N) is 2. The Balaban J connectivity index is 1.15. The highest BCUT2D eigenvalue weighted by atomic mass is 16.2. The second-order valence-electron chi connectivity index (χ2n) is 10.7. The highest BCUT2D eigenvalue weighted by Crippen LogP contribution is 2.29. The first kappa shape index (κ1) is 25.9. The molecule has 1 saturated heterocycles. The summed E-state index contributed by atoms with van der Waals surface area (Å²) in [5.74, 6) is -0.0191. The standard InChI is InChI=1S/C31H35N7O2/c1-22(2)38-31(40)37(21-33-38)27-12-10-26(11-13-27)35-16-18-36(19-17-35)29(24-6-4-3-5-7-24)30(39)34-25-9-8-23-14-15-32-28(23)20-25/h3-13,20-22,29,32H,14-19H2,1-2H3,(H,34,39). The Hall–Kier alpha value is -4.37. The molecule has 0 saturated carbocycles. The predicted octanol–water partition coefficient (Wildman–Crippen LogP) is 4.08. The molecule has 6 rings (SSSR count). The average Bonchev–Trinajstić information content (AvgIpc) is 3.60. The molecule has 0 bridgehead atoms. The molecule has 2 N–H and O–H groups in total. The van der Waals surface area contributed by atoms with E-state index in [9.17, 15) is 9.59 Å². The van der Waals surface area contributed by atoms with Crippen molar-refractivity contribution in [1.29, 1.82) is 0 Å². The number of hydrogen-bond donors (Lipinski definition) is 2. The zero-order valence-corrected chi connectivity index (χ0v) is 23.0. The van der Waals surface area contributed by atoms with Gasteiger partial charge in [0.05, 0.1) is 11.7 Å². The third kappa shape index (κ3) is 5.12. The van der Waals surface area contributed by atoms with Crippen LogP contribution in [0.5, 0.6) is 0 Å². The van der Waals surface area contributed by atoms with E-state index in [1.54, 1.807) is 10.9 Å². The molecular formula is C31H35N7O2. The van der Waals surface area contributed by atoms with Crippen LogP contribution >= 0.6 is 0 Å². The van der Waals surface area contributed by atoms with Gasteiger partial charge in [0.15, 0.2) is 0 Å². The van der Waals surface area contributed by atoms with Gasteiger partial charge >= 0.3 is 5.69 Å². The third-order valence-electron chi connectivity index (χ3n) is 7.81. The van der Waals surface area contributed by atoms with Crippen LogP contribution < -0.4 is 21.2 Å². The lowest BCUT2D eigenvalue weighted by atomic mass is 10.0. The maximum Gasteiger partial charge on any atom is 0.350 e. The van der Waals surface area contributed by atoms with Gasteiger partial charge in [0.25, 0.3) is 0 Å². The van der Waals surface area contributed by atoms with Crippen LogP contribution in [-0.4, -0.2) is 57.9 Å². The smallest absolute Gasteiger partial charge is 0.350 e. The molecule has 9 heteroatoms. The van der Waals surface area contributed by atoms with Gasteiger partial charge in [-0.2, -0.15) is 5.10 Å². The van der Waals surface area contributed by atoms with Crippen molar-refractivity contribution in [2.24, 2.45) is 0 Å². The molecule has 1 unspecified atom stereocenters. The number of piperazine rings is 1. The Morgan fingerprint density at radius 3 is 2.35 bits per heavy atom. The normalized spacial score (nSPS) is 16.0. The highest BCUT2D eigenvalue weighted by Gasteiger charge is 2.31. The van der Waals surface area contributed by atoms with Gasteiger partial charge in [0.2, 0.25) is 5.91 Å². The number of hydrogen-bond acceptors (Lipinski definition) is 6. The first-order valence-corrected chi connectivity index (χ1v) is 14.0. The summed E-state index contributed by atoms with van der Waals surface area (Å²) in [4.78, 5) is 30.9. The van der Waals surface area contributed by atoms with E-state index in [0.29, 0.717) is 0 Å². The molecule has 40 heavy (non-hydrogen) atoms. The number of fused-ring (bicyclic) bond motifs is 1. The predicted molar refractivity (Wildman–Crippen MR) is 158 cm³/mol. The summed E-state index contributed by atoms with van der Waals surface area (Å²) < 4.78 is 3.05. The minimum absolute atomic E-state index is 0.0107. The molecule has 0 aliphatic carbocycles. The quantitative estimate of drug-likeness (QED) is 0.369. The van der Waals surface area contributed by atoms with Gasteiger partial charge in [0.1, 0.15) is 12.4 Å². The zero-order valence-electron chi connectivity index (χ0n) is 23.0. The van der Waals surface area contributed by atoms with Crippen LogP contribution in [-0.2, 0) is 11.2 Å². The van der Waals surface area contributed by atoms with Gasteiger partial charge in [-0.25, -0.2) is 14.0 Å². The van der Waals surface area contributed by atoms with Crippen LogP contribution in [0.15, 0.2) is 83.9 Å². The van der Waals surface area contributed by atoms with Crippen molar-refractivity contribution in [2.75, 3.05) is 48.3 Å². The Labute approximate surface area is 234 Å². The Morgan fingerprint density at radius 2 is 1.65 bits per heavy atom. The van der Waals surface area contributed by atoms with E-state index >= 15 is 0 Å². The summed E-state index contributed by atoms with van der Waals surface area (Å²) in [7, 11) is 0. The molecule has 1 atom stereocenters. The van der Waals surface area contributed by atoms with Crippen LogP contribution in [0.3, 0.4) is 0 Å². The van der Waals surface area contributed by atoms with E-state index in [1.165, 1.54) is 10.2 Å². The molecule has 1 fully saturated rings. The van der Waals surface area contributed by atoms with Gasteiger partial charge in [-0.1, -0.05) is 36.4 Å². The van der Waals surface area contributed by atoms with Crippen molar-refractivity contribution in [3.05, 3.63) is 101 Å². The van der Waals surface area contributed by atoms with Crippen molar-refractivity contribution in [2.45, 2.75) is 32.4 Å². The van der Waals surface area contributed by atoms with Gasteiger partial charge in [-0.3, -0.25) is 9.69 Å². The van der Waals surface area contributed by atoms with Gasteiger partial charge in [-0.05, 0) is 67.8 Å². The number of nitrogens with zero attached hydrogens (tertiary/aromatic N) is 5. The topological polar surface area (TPSA) is 87.4 Å². The molecule has 3 aromatic carbocycles. The average molecular weight is 538 g/mol. The fourth-order valence-corrected chi connectivity index (χ4v) is 5.65. The largest absolute Gasteiger partial charge is 0.384 e. The summed E-state index contributed by atoms with van der Waals surface area (Å²) >= 11 is 0. The third-order valence-corrected chi connectivity index (χ3v) is 7.81. The number of carbonyl (C=O) groups excluding carboxylic acids is 1. The van der Waals surface area contributed by atoms with E-state index < -0.39 is 0 Å². The van der Waals surface area contributed by atoms with Gasteiger partial charge < -0.3 is 15.5 Å². The lowest BCUT2D eigenvalue weighted by Crippen LogP contribution is -2.50. The van der Waals surface area contributed by atoms with Crippen LogP contribution in [0.25, 0.3) is 5.69 Å². The molecule has 0 spiro atoms. The Bertz CT molecular complexity index is 1530.